The van der Waals surface area contributed by atoms with Crippen LogP contribution in [0.25, 0.3) is 5.70 Å². The Morgan fingerprint density at radius 3 is 2.68 bits per heavy atom. The highest BCUT2D eigenvalue weighted by Gasteiger charge is 2.08. The van der Waals surface area contributed by atoms with E-state index >= 15 is 0 Å². The van der Waals surface area contributed by atoms with Gasteiger partial charge in [0.15, 0.2) is 0 Å². The van der Waals surface area contributed by atoms with Crippen molar-refractivity contribution in [1.29, 1.82) is 0 Å². The maximum atomic E-state index is 13.7. The molecule has 0 saturated heterocycles. The first-order chi connectivity index (χ1) is 8.97. The zero-order valence-corrected chi connectivity index (χ0v) is 11.3. The van der Waals surface area contributed by atoms with E-state index < -0.39 is 0 Å². The minimum atomic E-state index is -0.332. The van der Waals surface area contributed by atoms with Crippen LogP contribution in [-0.2, 0) is 0 Å². The van der Waals surface area contributed by atoms with E-state index in [1.807, 2.05) is 13.0 Å². The lowest BCUT2D eigenvalue weighted by atomic mass is 10.1. The second kappa shape index (κ2) is 5.33. The van der Waals surface area contributed by atoms with E-state index in [0.29, 0.717) is 27.7 Å². The molecule has 2 aromatic rings. The van der Waals surface area contributed by atoms with Crippen molar-refractivity contribution in [1.82, 2.24) is 0 Å². The van der Waals surface area contributed by atoms with Crippen LogP contribution in [0.2, 0.25) is 5.02 Å². The summed E-state index contributed by atoms with van der Waals surface area (Å²) in [6, 6.07) is 10.0. The summed E-state index contributed by atoms with van der Waals surface area (Å²) in [5.41, 5.74) is 8.65. The van der Waals surface area contributed by atoms with Crippen LogP contribution in [0.1, 0.15) is 11.1 Å². The molecule has 2 nitrogen and oxygen atoms in total. The highest BCUT2D eigenvalue weighted by molar-refractivity contribution is 6.32. The minimum absolute atomic E-state index is 0.332. The van der Waals surface area contributed by atoms with Crippen molar-refractivity contribution in [3.63, 3.8) is 0 Å². The summed E-state index contributed by atoms with van der Waals surface area (Å²) in [5.74, 6) is -0.332. The first kappa shape index (κ1) is 13.4. The number of nitrogens with one attached hydrogen (secondary N) is 1. The normalized spacial score (nSPS) is 10.3. The summed E-state index contributed by atoms with van der Waals surface area (Å²) < 4.78 is 13.7. The van der Waals surface area contributed by atoms with Crippen LogP contribution in [-0.4, -0.2) is 0 Å². The lowest BCUT2D eigenvalue weighted by molar-refractivity contribution is 0.631. The summed E-state index contributed by atoms with van der Waals surface area (Å²) in [6.07, 6.45) is 0. The number of aryl methyl sites for hydroxylation is 1. The number of anilines is 2. The van der Waals surface area contributed by atoms with Crippen LogP contribution < -0.4 is 11.1 Å². The van der Waals surface area contributed by atoms with Crippen LogP contribution in [0.3, 0.4) is 0 Å². The number of hydrogen-bond acceptors (Lipinski definition) is 2. The third-order valence-corrected chi connectivity index (χ3v) is 3.06. The van der Waals surface area contributed by atoms with Gasteiger partial charge in [-0.25, -0.2) is 4.39 Å². The molecule has 4 heteroatoms. The van der Waals surface area contributed by atoms with Gasteiger partial charge in [0.1, 0.15) is 5.82 Å². The van der Waals surface area contributed by atoms with Crippen molar-refractivity contribution in [2.75, 3.05) is 11.1 Å². The maximum Gasteiger partial charge on any atom is 0.146 e. The molecule has 0 atom stereocenters. The summed E-state index contributed by atoms with van der Waals surface area (Å²) in [4.78, 5) is 0. The monoisotopic (exact) mass is 276 g/mol. The second-order valence-corrected chi connectivity index (χ2v) is 4.73. The smallest absolute Gasteiger partial charge is 0.146 e. The molecule has 0 spiro atoms. The van der Waals surface area contributed by atoms with Gasteiger partial charge in [0, 0.05) is 16.9 Å². The molecule has 0 saturated carbocycles. The topological polar surface area (TPSA) is 38.0 Å². The Balaban J connectivity index is 2.28. The van der Waals surface area contributed by atoms with Crippen LogP contribution in [0.5, 0.6) is 0 Å². The second-order valence-electron chi connectivity index (χ2n) is 4.33. The molecule has 0 aromatic heterocycles. The zero-order chi connectivity index (χ0) is 14.0. The fourth-order valence-electron chi connectivity index (χ4n) is 1.73. The number of nitrogens with two attached hydrogens (primary N) is 1. The molecule has 0 bridgehead atoms. The molecule has 19 heavy (non-hydrogen) atoms. The first-order valence-electron chi connectivity index (χ1n) is 5.75. The van der Waals surface area contributed by atoms with Crippen molar-refractivity contribution < 1.29 is 4.39 Å². The van der Waals surface area contributed by atoms with Crippen molar-refractivity contribution in [2.24, 2.45) is 0 Å². The number of nitrogen functional groups attached to an aromatic ring is 1. The highest BCUT2D eigenvalue weighted by Crippen LogP contribution is 2.27. The Bertz CT molecular complexity index is 638. The van der Waals surface area contributed by atoms with E-state index in [1.165, 1.54) is 6.07 Å². The van der Waals surface area contributed by atoms with Crippen molar-refractivity contribution >= 4 is 28.7 Å². The molecular formula is C15H14ClFN2. The Labute approximate surface area is 116 Å². The third-order valence-electron chi connectivity index (χ3n) is 2.73. The summed E-state index contributed by atoms with van der Waals surface area (Å²) in [5, 5.41) is 3.43. The Hall–Kier alpha value is -2.00. The molecule has 0 radical (unpaired) electrons. The van der Waals surface area contributed by atoms with Crippen LogP contribution in [0, 0.1) is 12.7 Å². The number of benzene rings is 2. The van der Waals surface area contributed by atoms with Gasteiger partial charge >= 0.3 is 0 Å². The lowest BCUT2D eigenvalue weighted by Crippen LogP contribution is -2.01. The molecule has 0 unspecified atom stereocenters. The van der Waals surface area contributed by atoms with Gasteiger partial charge in [-0.05, 0) is 42.8 Å². The summed E-state index contributed by atoms with van der Waals surface area (Å²) in [6.45, 7) is 5.70. The predicted octanol–water partition coefficient (Wildman–Crippen LogP) is 4.45. The molecule has 0 aliphatic carbocycles. The lowest BCUT2D eigenvalue weighted by Gasteiger charge is -2.13. The van der Waals surface area contributed by atoms with Gasteiger partial charge in [0.05, 0.1) is 10.7 Å². The van der Waals surface area contributed by atoms with E-state index in [0.717, 1.165) is 5.56 Å². The number of rotatable bonds is 3. The number of halogens is 2. The summed E-state index contributed by atoms with van der Waals surface area (Å²) in [7, 11) is 0. The fourth-order valence-corrected chi connectivity index (χ4v) is 1.96. The molecule has 2 aromatic carbocycles. The molecule has 2 rings (SSSR count). The van der Waals surface area contributed by atoms with Gasteiger partial charge in [0.25, 0.3) is 0 Å². The van der Waals surface area contributed by atoms with Gasteiger partial charge < -0.3 is 11.1 Å². The Morgan fingerprint density at radius 2 is 2.00 bits per heavy atom. The molecule has 0 fully saturated rings. The molecule has 0 heterocycles. The Morgan fingerprint density at radius 1 is 1.26 bits per heavy atom. The quantitative estimate of drug-likeness (QED) is 0.813. The zero-order valence-electron chi connectivity index (χ0n) is 10.5. The first-order valence-corrected chi connectivity index (χ1v) is 6.12. The molecule has 0 aliphatic heterocycles. The van der Waals surface area contributed by atoms with Gasteiger partial charge in [-0.3, -0.25) is 0 Å². The fraction of sp³-hybridized carbons (Fsp3) is 0.0667. The van der Waals surface area contributed by atoms with Gasteiger partial charge in [-0.2, -0.15) is 0 Å². The van der Waals surface area contributed by atoms with E-state index in [9.17, 15) is 4.39 Å². The minimum Gasteiger partial charge on any atom is -0.399 e. The standard InChI is InChI=1S/C15H14ClFN2/c1-9-3-6-15(14(17)7-9)19-10(2)12-8-11(18)4-5-13(12)16/h3-8,19H,2,18H2,1H3. The van der Waals surface area contributed by atoms with Gasteiger partial charge in [-0.1, -0.05) is 24.2 Å². The van der Waals surface area contributed by atoms with Crippen molar-refractivity contribution in [3.05, 3.63) is 64.9 Å². The van der Waals surface area contributed by atoms with Crippen molar-refractivity contribution in [3.8, 4) is 0 Å². The molecule has 0 aliphatic rings. The number of hydrogen-bond donors (Lipinski definition) is 2. The Kier molecular flexibility index (Phi) is 3.76. The van der Waals surface area contributed by atoms with E-state index in [-0.39, 0.29) is 5.82 Å². The van der Waals surface area contributed by atoms with Crippen LogP contribution in [0.15, 0.2) is 43.0 Å². The summed E-state index contributed by atoms with van der Waals surface area (Å²) >= 11 is 6.07. The van der Waals surface area contributed by atoms with E-state index in [2.05, 4.69) is 11.9 Å². The van der Waals surface area contributed by atoms with Gasteiger partial charge in [-0.15, -0.1) is 0 Å². The average molecular weight is 277 g/mol. The average Bonchev–Trinajstić information content (AvgIpc) is 2.35. The van der Waals surface area contributed by atoms with E-state index in [1.54, 1.807) is 24.3 Å². The molecule has 98 valence electrons. The maximum absolute atomic E-state index is 13.7. The van der Waals surface area contributed by atoms with Crippen molar-refractivity contribution in [2.45, 2.75) is 6.92 Å². The van der Waals surface area contributed by atoms with Gasteiger partial charge in [0.2, 0.25) is 0 Å². The SMILES string of the molecule is C=C(Nc1ccc(C)cc1F)c1cc(N)ccc1Cl. The highest BCUT2D eigenvalue weighted by atomic mass is 35.5. The van der Waals surface area contributed by atoms with Crippen LogP contribution in [0.4, 0.5) is 15.8 Å². The largest absolute Gasteiger partial charge is 0.399 e. The van der Waals surface area contributed by atoms with Crippen LogP contribution >= 0.6 is 11.6 Å². The molecular weight excluding hydrogens is 263 g/mol. The predicted molar refractivity (Wildman–Crippen MR) is 79.7 cm³/mol. The molecule has 3 N–H and O–H groups in total. The molecule has 0 amide bonds. The van der Waals surface area contributed by atoms with E-state index in [4.69, 9.17) is 17.3 Å². The third kappa shape index (κ3) is 3.06.